The van der Waals surface area contributed by atoms with E-state index in [4.69, 9.17) is 11.6 Å². The normalized spacial score (nSPS) is 24.1. The maximum absolute atomic E-state index is 14.7. The number of aliphatic hydroxyl groups is 1. The fourth-order valence-corrected chi connectivity index (χ4v) is 7.86. The lowest BCUT2D eigenvalue weighted by Crippen LogP contribution is -2.51. The molecule has 1 saturated heterocycles. The van der Waals surface area contributed by atoms with Crippen molar-refractivity contribution in [2.24, 2.45) is 0 Å². The van der Waals surface area contributed by atoms with Crippen LogP contribution in [0.15, 0.2) is 109 Å². The van der Waals surface area contributed by atoms with Crippen molar-refractivity contribution in [1.29, 1.82) is 0 Å². The molecule has 2 N–H and O–H groups in total. The van der Waals surface area contributed by atoms with Crippen LogP contribution in [0.1, 0.15) is 60.1 Å². The molecule has 0 aromatic heterocycles. The van der Waals surface area contributed by atoms with E-state index in [1.165, 1.54) is 0 Å². The summed E-state index contributed by atoms with van der Waals surface area (Å²) in [6, 6.07) is 33.1. The Bertz CT molecular complexity index is 1630. The second kappa shape index (κ2) is 12.2. The van der Waals surface area contributed by atoms with Crippen molar-refractivity contribution < 1.29 is 14.7 Å². The van der Waals surface area contributed by atoms with E-state index in [1.54, 1.807) is 25.1 Å². The standard InChI is InChI=1S/C37H38ClN3O3/c1-4-14-30-37(28-22-21-27(38)23-29(28)39-36(37)44)31(24-15-8-5-9-16-24)33(35(43)40(2)3)41(30)32(25-17-10-6-11-18-25)34(42)26-19-12-7-13-20-26/h5-13,15-23,30-34,42H,4,14H2,1-3H3,(H,39,44)/t30-,31+,32-,33-,34+,37+/m1/s1. The number of amides is 2. The van der Waals surface area contributed by atoms with E-state index in [2.05, 4.69) is 17.1 Å². The minimum Gasteiger partial charge on any atom is -0.386 e. The van der Waals surface area contributed by atoms with Crippen LogP contribution < -0.4 is 5.32 Å². The molecule has 0 aliphatic carbocycles. The van der Waals surface area contributed by atoms with Crippen LogP contribution in [0, 0.1) is 0 Å². The molecular weight excluding hydrogens is 570 g/mol. The number of hydrogen-bond donors (Lipinski definition) is 2. The molecule has 226 valence electrons. The lowest BCUT2D eigenvalue weighted by atomic mass is 9.64. The predicted molar refractivity (Wildman–Crippen MR) is 175 cm³/mol. The maximum atomic E-state index is 14.7. The minimum absolute atomic E-state index is 0.117. The molecule has 44 heavy (non-hydrogen) atoms. The van der Waals surface area contributed by atoms with Gasteiger partial charge in [0.15, 0.2) is 0 Å². The molecule has 1 spiro atoms. The molecule has 0 saturated carbocycles. The van der Waals surface area contributed by atoms with Crippen LogP contribution >= 0.6 is 11.6 Å². The van der Waals surface area contributed by atoms with Gasteiger partial charge in [-0.3, -0.25) is 14.5 Å². The van der Waals surface area contributed by atoms with E-state index >= 15 is 0 Å². The second-order valence-electron chi connectivity index (χ2n) is 12.0. The summed E-state index contributed by atoms with van der Waals surface area (Å²) < 4.78 is 0. The number of halogens is 1. The van der Waals surface area contributed by atoms with Crippen LogP contribution in [0.25, 0.3) is 0 Å². The Morgan fingerprint density at radius 2 is 1.52 bits per heavy atom. The summed E-state index contributed by atoms with van der Waals surface area (Å²) >= 11 is 6.45. The van der Waals surface area contributed by atoms with Crippen LogP contribution in [0.5, 0.6) is 0 Å². The molecular formula is C37H38ClN3O3. The van der Waals surface area contributed by atoms with E-state index < -0.39 is 35.6 Å². The third-order valence-corrected chi connectivity index (χ3v) is 9.62. The highest BCUT2D eigenvalue weighted by molar-refractivity contribution is 6.31. The Hall–Kier alpha value is -3.97. The molecule has 0 unspecified atom stereocenters. The Kier molecular flexibility index (Phi) is 8.34. The third kappa shape index (κ3) is 4.82. The van der Waals surface area contributed by atoms with Crippen molar-refractivity contribution in [2.45, 2.75) is 55.3 Å². The minimum atomic E-state index is -1.13. The highest BCUT2D eigenvalue weighted by Crippen LogP contribution is 2.61. The lowest BCUT2D eigenvalue weighted by molar-refractivity contribution is -0.136. The van der Waals surface area contributed by atoms with Gasteiger partial charge in [0.25, 0.3) is 0 Å². The fourth-order valence-electron chi connectivity index (χ4n) is 7.68. The molecule has 6 rings (SSSR count). The number of carbonyl (C=O) groups is 2. The maximum Gasteiger partial charge on any atom is 0.240 e. The van der Waals surface area contributed by atoms with Gasteiger partial charge < -0.3 is 15.3 Å². The first kappa shape index (κ1) is 30.1. The molecule has 1 fully saturated rings. The molecule has 7 heteroatoms. The number of nitrogens with zero attached hydrogens (tertiary/aromatic N) is 2. The molecule has 0 bridgehead atoms. The SMILES string of the molecule is CCC[C@H]1N([C@H](c2ccccc2)[C@@H](O)c2ccccc2)[C@@H](C(=O)N(C)C)[C@H](c2ccccc2)[C@@]12C(=O)Nc1cc(Cl)ccc12. The summed E-state index contributed by atoms with van der Waals surface area (Å²) in [6.45, 7) is 2.10. The molecule has 2 aliphatic heterocycles. The Balaban J connectivity index is 1.70. The van der Waals surface area contributed by atoms with Crippen LogP contribution in [0.3, 0.4) is 0 Å². The monoisotopic (exact) mass is 607 g/mol. The average Bonchev–Trinajstić information content (AvgIpc) is 3.49. The fraction of sp³-hybridized carbons (Fsp3) is 0.297. The number of aliphatic hydroxyl groups excluding tert-OH is 1. The van der Waals surface area contributed by atoms with Crippen molar-refractivity contribution in [3.8, 4) is 0 Å². The molecule has 2 aliphatic rings. The van der Waals surface area contributed by atoms with Crippen molar-refractivity contribution in [3.63, 3.8) is 0 Å². The number of nitrogens with one attached hydrogen (secondary N) is 1. The smallest absolute Gasteiger partial charge is 0.240 e. The average molecular weight is 608 g/mol. The van der Waals surface area contributed by atoms with Gasteiger partial charge in [0.2, 0.25) is 11.8 Å². The number of likely N-dealkylation sites (tertiary alicyclic amines) is 1. The van der Waals surface area contributed by atoms with Crippen molar-refractivity contribution >= 4 is 29.1 Å². The molecule has 4 aromatic rings. The van der Waals surface area contributed by atoms with Gasteiger partial charge in [-0.05, 0) is 40.8 Å². The van der Waals surface area contributed by atoms with Crippen LogP contribution in [-0.2, 0) is 15.0 Å². The van der Waals surface area contributed by atoms with E-state index in [0.29, 0.717) is 17.1 Å². The number of hydrogen-bond acceptors (Lipinski definition) is 4. The largest absolute Gasteiger partial charge is 0.386 e. The van der Waals surface area contributed by atoms with Gasteiger partial charge in [0.1, 0.15) is 5.41 Å². The van der Waals surface area contributed by atoms with Gasteiger partial charge in [-0.2, -0.15) is 0 Å². The van der Waals surface area contributed by atoms with Gasteiger partial charge in [-0.25, -0.2) is 0 Å². The van der Waals surface area contributed by atoms with E-state index in [-0.39, 0.29) is 11.8 Å². The van der Waals surface area contributed by atoms with Crippen LogP contribution in [0.2, 0.25) is 5.02 Å². The lowest BCUT2D eigenvalue weighted by Gasteiger charge is -2.42. The zero-order chi connectivity index (χ0) is 31.0. The first-order valence-corrected chi connectivity index (χ1v) is 15.6. The number of rotatable bonds is 8. The summed E-state index contributed by atoms with van der Waals surface area (Å²) in [6.07, 6.45) is 0.420. The summed E-state index contributed by atoms with van der Waals surface area (Å²) in [5.41, 5.74) is 2.89. The number of likely N-dealkylation sites (N-methyl/N-ethyl adjacent to an activating group) is 1. The van der Waals surface area contributed by atoms with Crippen molar-refractivity contribution in [1.82, 2.24) is 9.80 Å². The van der Waals surface area contributed by atoms with E-state index in [9.17, 15) is 14.7 Å². The van der Waals surface area contributed by atoms with E-state index in [1.807, 2.05) is 103 Å². The Morgan fingerprint density at radius 3 is 2.11 bits per heavy atom. The zero-order valence-electron chi connectivity index (χ0n) is 25.2. The third-order valence-electron chi connectivity index (χ3n) is 9.38. The van der Waals surface area contributed by atoms with Gasteiger partial charge in [0.05, 0.1) is 18.2 Å². The van der Waals surface area contributed by atoms with Gasteiger partial charge in [-0.15, -0.1) is 0 Å². The molecule has 6 nitrogen and oxygen atoms in total. The summed E-state index contributed by atoms with van der Waals surface area (Å²) in [4.78, 5) is 33.2. The first-order chi connectivity index (χ1) is 21.3. The number of anilines is 1. The number of fused-ring (bicyclic) bond motifs is 2. The predicted octanol–water partition coefficient (Wildman–Crippen LogP) is 6.73. The van der Waals surface area contributed by atoms with Gasteiger partial charge in [0, 0.05) is 36.8 Å². The topological polar surface area (TPSA) is 72.9 Å². The molecule has 6 atom stereocenters. The van der Waals surface area contributed by atoms with Crippen LogP contribution in [0.4, 0.5) is 5.69 Å². The molecule has 2 heterocycles. The quantitative estimate of drug-likeness (QED) is 0.233. The highest BCUT2D eigenvalue weighted by atomic mass is 35.5. The summed E-state index contributed by atoms with van der Waals surface area (Å²) in [7, 11) is 3.52. The van der Waals surface area contributed by atoms with Crippen molar-refractivity contribution in [2.75, 3.05) is 19.4 Å². The van der Waals surface area contributed by atoms with Gasteiger partial charge >= 0.3 is 0 Å². The number of carbonyl (C=O) groups excluding carboxylic acids is 2. The molecule has 0 radical (unpaired) electrons. The Morgan fingerprint density at radius 1 is 0.932 bits per heavy atom. The summed E-state index contributed by atoms with van der Waals surface area (Å²) in [5, 5.41) is 16.0. The summed E-state index contributed by atoms with van der Waals surface area (Å²) in [5.74, 6) is -0.817. The molecule has 2 amide bonds. The highest BCUT2D eigenvalue weighted by Gasteiger charge is 2.69. The first-order valence-electron chi connectivity index (χ1n) is 15.2. The zero-order valence-corrected chi connectivity index (χ0v) is 26.0. The second-order valence-corrected chi connectivity index (χ2v) is 12.5. The van der Waals surface area contributed by atoms with Crippen LogP contribution in [-0.4, -0.2) is 52.9 Å². The number of benzene rings is 4. The Labute approximate surface area is 264 Å². The van der Waals surface area contributed by atoms with Gasteiger partial charge in [-0.1, -0.05) is 122 Å². The van der Waals surface area contributed by atoms with E-state index in [0.717, 1.165) is 28.7 Å². The molecule has 4 aromatic carbocycles. The van der Waals surface area contributed by atoms with Crippen molar-refractivity contribution in [3.05, 3.63) is 136 Å².